The standard InChI is InChI=1S/C25H32N6O2/c1-16-6-7-19(10-17(16)2)31-21(27-22(29-31)20-8-9-26-28-20)11-18-12-25(13-18)14-30(15-25)23(32)33-24(3,4)5/h6-10,18H,11-15H2,1-5H3,(H,26,28). The van der Waals surface area contributed by atoms with Crippen LogP contribution in [-0.2, 0) is 11.2 Å². The minimum absolute atomic E-state index is 0.199. The molecule has 2 aliphatic rings. The monoisotopic (exact) mass is 448 g/mol. The lowest BCUT2D eigenvalue weighted by atomic mass is 9.57. The van der Waals surface area contributed by atoms with Crippen LogP contribution in [0.2, 0.25) is 0 Å². The van der Waals surface area contributed by atoms with Crippen LogP contribution < -0.4 is 0 Å². The molecule has 0 radical (unpaired) electrons. The number of ether oxygens (including phenoxy) is 1. The van der Waals surface area contributed by atoms with E-state index in [-0.39, 0.29) is 11.5 Å². The molecule has 1 amide bonds. The SMILES string of the molecule is Cc1ccc(-n2nc(-c3ccn[nH]3)nc2CC2CC3(C2)CN(C(=O)OC(C)(C)C)C3)cc1C. The zero-order chi connectivity index (χ0) is 23.4. The van der Waals surface area contributed by atoms with Crippen molar-refractivity contribution in [1.82, 2.24) is 29.9 Å². The Bertz CT molecular complexity index is 1160. The van der Waals surface area contributed by atoms with E-state index in [1.54, 1.807) is 6.20 Å². The molecule has 2 fully saturated rings. The molecule has 1 aliphatic carbocycles. The summed E-state index contributed by atoms with van der Waals surface area (Å²) in [7, 11) is 0. The minimum Gasteiger partial charge on any atom is -0.444 e. The molecule has 1 aliphatic heterocycles. The summed E-state index contributed by atoms with van der Waals surface area (Å²) in [5, 5.41) is 11.8. The third kappa shape index (κ3) is 4.26. The summed E-state index contributed by atoms with van der Waals surface area (Å²) in [6.07, 6.45) is 4.59. The quantitative estimate of drug-likeness (QED) is 0.636. The van der Waals surface area contributed by atoms with Crippen LogP contribution >= 0.6 is 0 Å². The topological polar surface area (TPSA) is 88.9 Å². The van der Waals surface area contributed by atoms with Crippen LogP contribution in [0, 0.1) is 25.2 Å². The lowest BCUT2D eigenvalue weighted by Crippen LogP contribution is -2.64. The van der Waals surface area contributed by atoms with Gasteiger partial charge in [-0.3, -0.25) is 5.10 Å². The Morgan fingerprint density at radius 2 is 1.94 bits per heavy atom. The van der Waals surface area contributed by atoms with Crippen LogP contribution in [0.25, 0.3) is 17.2 Å². The number of H-pyrrole nitrogens is 1. The number of amides is 1. The van der Waals surface area contributed by atoms with Gasteiger partial charge in [0.1, 0.15) is 17.1 Å². The van der Waals surface area contributed by atoms with Gasteiger partial charge in [0.2, 0.25) is 0 Å². The Kier molecular flexibility index (Phi) is 5.06. The number of aromatic amines is 1. The molecule has 8 heteroatoms. The summed E-state index contributed by atoms with van der Waals surface area (Å²) >= 11 is 0. The molecular weight excluding hydrogens is 416 g/mol. The number of carbonyl (C=O) groups is 1. The summed E-state index contributed by atoms with van der Waals surface area (Å²) in [5.41, 5.74) is 4.13. The third-order valence-corrected chi connectivity index (χ3v) is 6.77. The largest absolute Gasteiger partial charge is 0.444 e. The maximum absolute atomic E-state index is 12.3. The molecule has 8 nitrogen and oxygen atoms in total. The Morgan fingerprint density at radius 3 is 2.58 bits per heavy atom. The number of hydrogen-bond donors (Lipinski definition) is 1. The van der Waals surface area contributed by atoms with E-state index in [0.29, 0.717) is 11.7 Å². The van der Waals surface area contributed by atoms with Crippen molar-refractivity contribution >= 4 is 6.09 Å². The van der Waals surface area contributed by atoms with Gasteiger partial charge in [0.15, 0.2) is 5.82 Å². The molecule has 33 heavy (non-hydrogen) atoms. The lowest BCUT2D eigenvalue weighted by Gasteiger charge is -2.58. The zero-order valence-electron chi connectivity index (χ0n) is 20.1. The molecular formula is C25H32N6O2. The molecule has 0 atom stereocenters. The van der Waals surface area contributed by atoms with E-state index in [1.807, 2.05) is 36.4 Å². The van der Waals surface area contributed by atoms with Gasteiger partial charge in [-0.1, -0.05) is 6.07 Å². The second-order valence-electron chi connectivity index (χ2n) is 10.8. The van der Waals surface area contributed by atoms with Gasteiger partial charge in [0.05, 0.1) is 5.69 Å². The lowest BCUT2D eigenvalue weighted by molar-refractivity contribution is -0.0951. The highest BCUT2D eigenvalue weighted by Gasteiger charge is 2.54. The second kappa shape index (κ2) is 7.71. The number of benzene rings is 1. The van der Waals surface area contributed by atoms with Crippen LogP contribution in [0.15, 0.2) is 30.5 Å². The summed E-state index contributed by atoms with van der Waals surface area (Å²) in [6.45, 7) is 11.5. The predicted molar refractivity (Wildman–Crippen MR) is 125 cm³/mol. The number of rotatable bonds is 4. The molecule has 3 heterocycles. The smallest absolute Gasteiger partial charge is 0.410 e. The fourth-order valence-electron chi connectivity index (χ4n) is 5.08. The zero-order valence-corrected chi connectivity index (χ0v) is 20.1. The van der Waals surface area contributed by atoms with E-state index in [0.717, 1.165) is 49.6 Å². The highest BCUT2D eigenvalue weighted by atomic mass is 16.6. The third-order valence-electron chi connectivity index (χ3n) is 6.77. The fourth-order valence-corrected chi connectivity index (χ4v) is 5.08. The van der Waals surface area contributed by atoms with Gasteiger partial charge in [-0.25, -0.2) is 14.5 Å². The second-order valence-corrected chi connectivity index (χ2v) is 10.8. The molecule has 174 valence electrons. The maximum atomic E-state index is 12.3. The fraction of sp³-hybridized carbons (Fsp3) is 0.520. The number of carbonyl (C=O) groups excluding carboxylic acids is 1. The van der Waals surface area contributed by atoms with Gasteiger partial charge < -0.3 is 9.64 Å². The van der Waals surface area contributed by atoms with Gasteiger partial charge in [-0.15, -0.1) is 5.10 Å². The van der Waals surface area contributed by atoms with Crippen molar-refractivity contribution in [2.45, 2.75) is 59.5 Å². The van der Waals surface area contributed by atoms with E-state index < -0.39 is 5.60 Å². The van der Waals surface area contributed by atoms with E-state index in [9.17, 15) is 4.79 Å². The molecule has 2 aromatic heterocycles. The maximum Gasteiger partial charge on any atom is 0.410 e. The number of likely N-dealkylation sites (tertiary alicyclic amines) is 1. The average Bonchev–Trinajstić information content (AvgIpc) is 3.33. The van der Waals surface area contributed by atoms with E-state index in [2.05, 4.69) is 42.2 Å². The van der Waals surface area contributed by atoms with Crippen molar-refractivity contribution in [2.24, 2.45) is 11.3 Å². The number of aryl methyl sites for hydroxylation is 2. The first-order chi connectivity index (χ1) is 15.6. The van der Waals surface area contributed by atoms with Crippen LogP contribution in [0.5, 0.6) is 0 Å². The van der Waals surface area contributed by atoms with Gasteiger partial charge in [0, 0.05) is 31.1 Å². The van der Waals surface area contributed by atoms with Gasteiger partial charge in [0.25, 0.3) is 0 Å². The Labute approximate surface area is 194 Å². The number of nitrogens with zero attached hydrogens (tertiary/aromatic N) is 5. The molecule has 0 bridgehead atoms. The van der Waals surface area contributed by atoms with Crippen LogP contribution in [-0.4, -0.2) is 54.6 Å². The van der Waals surface area contributed by atoms with Gasteiger partial charge in [-0.2, -0.15) is 5.10 Å². The molecule has 5 rings (SSSR count). The molecule has 3 aromatic rings. The van der Waals surface area contributed by atoms with Crippen molar-refractivity contribution in [3.05, 3.63) is 47.4 Å². The normalized spacial score (nSPS) is 17.7. The van der Waals surface area contributed by atoms with Gasteiger partial charge in [-0.05, 0) is 82.7 Å². The summed E-state index contributed by atoms with van der Waals surface area (Å²) in [6, 6.07) is 8.28. The van der Waals surface area contributed by atoms with Crippen LogP contribution in [0.1, 0.15) is 50.6 Å². The van der Waals surface area contributed by atoms with E-state index in [4.69, 9.17) is 14.8 Å². The molecule has 1 aromatic carbocycles. The van der Waals surface area contributed by atoms with Crippen molar-refractivity contribution in [2.75, 3.05) is 13.1 Å². The summed E-state index contributed by atoms with van der Waals surface area (Å²) < 4.78 is 7.48. The first-order valence-corrected chi connectivity index (χ1v) is 11.6. The Balaban J connectivity index is 1.29. The van der Waals surface area contributed by atoms with E-state index >= 15 is 0 Å². The Morgan fingerprint density at radius 1 is 1.18 bits per heavy atom. The summed E-state index contributed by atoms with van der Waals surface area (Å²) in [4.78, 5) is 19.0. The average molecular weight is 449 g/mol. The highest BCUT2D eigenvalue weighted by Crippen LogP contribution is 2.53. The number of hydrogen-bond acceptors (Lipinski definition) is 5. The molecule has 0 unspecified atom stereocenters. The molecule has 1 saturated carbocycles. The number of nitrogens with one attached hydrogen (secondary N) is 1. The highest BCUT2D eigenvalue weighted by molar-refractivity contribution is 5.69. The van der Waals surface area contributed by atoms with Crippen LogP contribution in [0.4, 0.5) is 4.79 Å². The molecule has 1 spiro atoms. The van der Waals surface area contributed by atoms with Crippen molar-refractivity contribution in [1.29, 1.82) is 0 Å². The van der Waals surface area contributed by atoms with Crippen molar-refractivity contribution in [3.8, 4) is 17.2 Å². The minimum atomic E-state index is -0.452. The molecule has 1 saturated heterocycles. The summed E-state index contributed by atoms with van der Waals surface area (Å²) in [5.74, 6) is 2.16. The molecule has 1 N–H and O–H groups in total. The number of aromatic nitrogens is 5. The first-order valence-electron chi connectivity index (χ1n) is 11.6. The first kappa shape index (κ1) is 21.7. The predicted octanol–water partition coefficient (Wildman–Crippen LogP) is 4.46. The van der Waals surface area contributed by atoms with Crippen molar-refractivity contribution < 1.29 is 9.53 Å². The van der Waals surface area contributed by atoms with Crippen LogP contribution in [0.3, 0.4) is 0 Å². The van der Waals surface area contributed by atoms with Gasteiger partial charge >= 0.3 is 6.09 Å². The van der Waals surface area contributed by atoms with Crippen molar-refractivity contribution in [3.63, 3.8) is 0 Å². The Hall–Kier alpha value is -3.16. The van der Waals surface area contributed by atoms with E-state index in [1.165, 1.54) is 11.1 Å².